The Balaban J connectivity index is 1.82. The molecule has 1 N–H and O–H groups in total. The highest BCUT2D eigenvalue weighted by molar-refractivity contribution is 5.91. The smallest absolute Gasteiger partial charge is 0.133 e. The number of ether oxygens (including phenoxy) is 1. The summed E-state index contributed by atoms with van der Waals surface area (Å²) in [5.41, 5.74) is 0.0264. The predicted molar refractivity (Wildman–Crippen MR) is 73.8 cm³/mol. The van der Waals surface area contributed by atoms with Gasteiger partial charge in [0.2, 0.25) is 0 Å². The van der Waals surface area contributed by atoms with E-state index in [1.807, 2.05) is 18.3 Å². The van der Waals surface area contributed by atoms with Crippen LogP contribution in [0.1, 0.15) is 19.3 Å². The zero-order valence-electron chi connectivity index (χ0n) is 10.6. The van der Waals surface area contributed by atoms with Gasteiger partial charge in [0.15, 0.2) is 0 Å². The second-order valence-electron chi connectivity index (χ2n) is 4.97. The van der Waals surface area contributed by atoms with Gasteiger partial charge in [0, 0.05) is 25.2 Å². The molecule has 3 nitrogen and oxygen atoms in total. The van der Waals surface area contributed by atoms with Gasteiger partial charge in [-0.15, -0.1) is 0 Å². The fourth-order valence-corrected chi connectivity index (χ4v) is 2.53. The van der Waals surface area contributed by atoms with E-state index in [4.69, 9.17) is 4.74 Å². The third kappa shape index (κ3) is 1.95. The maximum atomic E-state index is 5.62. The molecule has 1 aromatic heterocycles. The van der Waals surface area contributed by atoms with Crippen molar-refractivity contribution >= 4 is 16.6 Å². The van der Waals surface area contributed by atoms with E-state index in [1.54, 1.807) is 7.11 Å². The molecule has 94 valence electrons. The second-order valence-corrected chi connectivity index (χ2v) is 4.97. The van der Waals surface area contributed by atoms with Crippen LogP contribution in [0.25, 0.3) is 10.8 Å². The molecule has 0 amide bonds. The summed E-state index contributed by atoms with van der Waals surface area (Å²) in [6, 6.07) is 10.3. The van der Waals surface area contributed by atoms with Crippen molar-refractivity contribution in [2.75, 3.05) is 19.0 Å². The SMILES string of the molecule is COC1(CNc2nccc3ccccc23)CCC1. The summed E-state index contributed by atoms with van der Waals surface area (Å²) in [6.45, 7) is 0.838. The van der Waals surface area contributed by atoms with E-state index >= 15 is 0 Å². The van der Waals surface area contributed by atoms with Crippen LogP contribution in [0.5, 0.6) is 0 Å². The number of rotatable bonds is 4. The number of hydrogen-bond donors (Lipinski definition) is 1. The third-order valence-electron chi connectivity index (χ3n) is 3.95. The summed E-state index contributed by atoms with van der Waals surface area (Å²) in [5.74, 6) is 0.955. The van der Waals surface area contributed by atoms with E-state index in [0.717, 1.165) is 25.2 Å². The summed E-state index contributed by atoms with van der Waals surface area (Å²) in [7, 11) is 1.80. The Labute approximate surface area is 107 Å². The van der Waals surface area contributed by atoms with Gasteiger partial charge in [-0.2, -0.15) is 0 Å². The minimum Gasteiger partial charge on any atom is -0.376 e. The molecule has 0 unspecified atom stereocenters. The van der Waals surface area contributed by atoms with Crippen LogP contribution in [0.3, 0.4) is 0 Å². The number of methoxy groups -OCH3 is 1. The van der Waals surface area contributed by atoms with Gasteiger partial charge < -0.3 is 10.1 Å². The Morgan fingerprint density at radius 1 is 1.28 bits per heavy atom. The zero-order valence-corrected chi connectivity index (χ0v) is 10.6. The van der Waals surface area contributed by atoms with Gasteiger partial charge in [-0.05, 0) is 30.7 Å². The number of pyridine rings is 1. The van der Waals surface area contributed by atoms with Crippen LogP contribution in [-0.2, 0) is 4.74 Å². The zero-order chi connectivity index (χ0) is 12.4. The summed E-state index contributed by atoms with van der Waals surface area (Å²) < 4.78 is 5.62. The topological polar surface area (TPSA) is 34.1 Å². The third-order valence-corrected chi connectivity index (χ3v) is 3.95. The van der Waals surface area contributed by atoms with Crippen molar-refractivity contribution in [2.45, 2.75) is 24.9 Å². The fraction of sp³-hybridized carbons (Fsp3) is 0.400. The number of anilines is 1. The molecule has 1 saturated carbocycles. The first kappa shape index (κ1) is 11.5. The lowest BCUT2D eigenvalue weighted by molar-refractivity contribution is -0.0601. The van der Waals surface area contributed by atoms with Gasteiger partial charge in [0.05, 0.1) is 5.60 Å². The highest BCUT2D eigenvalue weighted by atomic mass is 16.5. The average Bonchev–Trinajstić information content (AvgIpc) is 2.38. The van der Waals surface area contributed by atoms with E-state index < -0.39 is 0 Å². The summed E-state index contributed by atoms with van der Waals surface area (Å²) in [6.07, 6.45) is 5.39. The molecule has 1 heterocycles. The van der Waals surface area contributed by atoms with Gasteiger partial charge in [-0.25, -0.2) is 4.98 Å². The molecule has 1 aliphatic rings. The first-order valence-corrected chi connectivity index (χ1v) is 6.46. The first-order valence-electron chi connectivity index (χ1n) is 6.46. The van der Waals surface area contributed by atoms with Crippen molar-refractivity contribution < 1.29 is 4.74 Å². The van der Waals surface area contributed by atoms with E-state index in [9.17, 15) is 0 Å². The van der Waals surface area contributed by atoms with Crippen molar-refractivity contribution in [3.8, 4) is 0 Å². The summed E-state index contributed by atoms with van der Waals surface area (Å²) in [5, 5.41) is 5.83. The Kier molecular flexibility index (Phi) is 2.92. The highest BCUT2D eigenvalue weighted by Crippen LogP contribution is 2.35. The number of aromatic nitrogens is 1. The lowest BCUT2D eigenvalue weighted by Gasteiger charge is -2.40. The van der Waals surface area contributed by atoms with E-state index in [1.165, 1.54) is 17.2 Å². The van der Waals surface area contributed by atoms with Crippen molar-refractivity contribution in [1.29, 1.82) is 0 Å². The molecule has 0 spiro atoms. The summed E-state index contributed by atoms with van der Waals surface area (Å²) in [4.78, 5) is 4.44. The van der Waals surface area contributed by atoms with Gasteiger partial charge in [0.25, 0.3) is 0 Å². The van der Waals surface area contributed by atoms with Crippen LogP contribution in [0, 0.1) is 0 Å². The minimum absolute atomic E-state index is 0.0264. The van der Waals surface area contributed by atoms with Crippen LogP contribution in [0.15, 0.2) is 36.5 Å². The maximum absolute atomic E-state index is 5.62. The minimum atomic E-state index is 0.0264. The Hall–Kier alpha value is -1.61. The van der Waals surface area contributed by atoms with Crippen molar-refractivity contribution in [1.82, 2.24) is 4.98 Å². The molecule has 1 fully saturated rings. The molecule has 18 heavy (non-hydrogen) atoms. The Morgan fingerprint density at radius 3 is 2.83 bits per heavy atom. The van der Waals surface area contributed by atoms with Crippen molar-refractivity contribution in [3.05, 3.63) is 36.5 Å². The van der Waals surface area contributed by atoms with Crippen molar-refractivity contribution in [2.24, 2.45) is 0 Å². The van der Waals surface area contributed by atoms with E-state index in [2.05, 4.69) is 28.5 Å². The number of nitrogens with one attached hydrogen (secondary N) is 1. The van der Waals surface area contributed by atoms with Gasteiger partial charge >= 0.3 is 0 Å². The monoisotopic (exact) mass is 242 g/mol. The first-order chi connectivity index (χ1) is 8.83. The molecule has 0 atom stereocenters. The average molecular weight is 242 g/mol. The van der Waals surface area contributed by atoms with Gasteiger partial charge in [0.1, 0.15) is 5.82 Å². The summed E-state index contributed by atoms with van der Waals surface area (Å²) >= 11 is 0. The van der Waals surface area contributed by atoms with Gasteiger partial charge in [-0.3, -0.25) is 0 Å². The Morgan fingerprint density at radius 2 is 2.11 bits per heavy atom. The standard InChI is InChI=1S/C15H18N2O/c1-18-15(8-4-9-15)11-17-14-13-6-3-2-5-12(13)7-10-16-14/h2-3,5-7,10H,4,8-9,11H2,1H3,(H,16,17). The largest absolute Gasteiger partial charge is 0.376 e. The lowest BCUT2D eigenvalue weighted by atomic mass is 9.80. The highest BCUT2D eigenvalue weighted by Gasteiger charge is 2.36. The molecule has 3 heteroatoms. The molecule has 0 saturated heterocycles. The normalized spacial score (nSPS) is 17.4. The molecule has 0 aliphatic heterocycles. The van der Waals surface area contributed by atoms with Crippen LogP contribution in [0.2, 0.25) is 0 Å². The molecular formula is C15H18N2O. The molecule has 2 aromatic rings. The lowest BCUT2D eigenvalue weighted by Crippen LogP contribution is -2.45. The second kappa shape index (κ2) is 4.58. The van der Waals surface area contributed by atoms with Crippen LogP contribution in [-0.4, -0.2) is 24.2 Å². The fourth-order valence-electron chi connectivity index (χ4n) is 2.53. The number of nitrogens with zero attached hydrogens (tertiary/aromatic N) is 1. The van der Waals surface area contributed by atoms with Crippen LogP contribution >= 0.6 is 0 Å². The van der Waals surface area contributed by atoms with Gasteiger partial charge in [-0.1, -0.05) is 24.3 Å². The quantitative estimate of drug-likeness (QED) is 0.894. The van der Waals surface area contributed by atoms with Crippen molar-refractivity contribution in [3.63, 3.8) is 0 Å². The number of fused-ring (bicyclic) bond motifs is 1. The molecule has 3 rings (SSSR count). The molecular weight excluding hydrogens is 224 g/mol. The Bertz CT molecular complexity index is 538. The van der Waals surface area contributed by atoms with E-state index in [0.29, 0.717) is 0 Å². The number of hydrogen-bond acceptors (Lipinski definition) is 3. The predicted octanol–water partition coefficient (Wildman–Crippen LogP) is 3.22. The molecule has 0 radical (unpaired) electrons. The molecule has 0 bridgehead atoms. The number of benzene rings is 1. The van der Waals surface area contributed by atoms with E-state index in [-0.39, 0.29) is 5.60 Å². The van der Waals surface area contributed by atoms with Crippen LogP contribution in [0.4, 0.5) is 5.82 Å². The molecule has 1 aromatic carbocycles. The van der Waals surface area contributed by atoms with Crippen LogP contribution < -0.4 is 5.32 Å². The maximum Gasteiger partial charge on any atom is 0.133 e. The molecule has 1 aliphatic carbocycles.